The normalized spacial score (nSPS) is 18.5. The molecule has 2 aliphatic rings. The monoisotopic (exact) mass is 462 g/mol. The van der Waals surface area contributed by atoms with E-state index in [-0.39, 0.29) is 16.4 Å². The van der Waals surface area contributed by atoms with E-state index in [0.717, 1.165) is 38.5 Å². The Morgan fingerprint density at radius 2 is 1.88 bits per heavy atom. The lowest BCUT2D eigenvalue weighted by Gasteiger charge is -2.26. The molecule has 3 rings (SSSR count). The maximum Gasteiger partial charge on any atom is 0.339 e. The lowest BCUT2D eigenvalue weighted by atomic mass is 9.97. The van der Waals surface area contributed by atoms with Crippen molar-refractivity contribution in [2.75, 3.05) is 19.6 Å². The zero-order valence-corrected chi connectivity index (χ0v) is 19.9. The zero-order chi connectivity index (χ0) is 23.1. The quantitative estimate of drug-likeness (QED) is 0.469. The number of amides is 1. The number of allylic oxidation sites excluding steroid dienone is 1. The number of rotatable bonds is 8. The van der Waals surface area contributed by atoms with Crippen molar-refractivity contribution in [1.29, 1.82) is 0 Å². The molecule has 8 heteroatoms. The molecule has 1 unspecified atom stereocenters. The van der Waals surface area contributed by atoms with Crippen molar-refractivity contribution >= 4 is 21.9 Å². The molecule has 0 bridgehead atoms. The highest BCUT2D eigenvalue weighted by atomic mass is 32.2. The van der Waals surface area contributed by atoms with Crippen LogP contribution in [0.4, 0.5) is 0 Å². The molecule has 1 amide bonds. The lowest BCUT2D eigenvalue weighted by molar-refractivity contribution is -0.129. The summed E-state index contributed by atoms with van der Waals surface area (Å²) in [5, 5.41) is 2.82. The number of benzene rings is 1. The summed E-state index contributed by atoms with van der Waals surface area (Å²) in [5.41, 5.74) is 2.13. The van der Waals surface area contributed by atoms with Crippen molar-refractivity contribution in [3.05, 3.63) is 41.0 Å². The van der Waals surface area contributed by atoms with Crippen LogP contribution < -0.4 is 5.32 Å². The fourth-order valence-corrected chi connectivity index (χ4v) is 5.68. The molecular formula is C24H34N2O5S. The second kappa shape index (κ2) is 11.1. The van der Waals surface area contributed by atoms with E-state index in [4.69, 9.17) is 4.74 Å². The summed E-state index contributed by atoms with van der Waals surface area (Å²) >= 11 is 0. The molecule has 0 saturated carbocycles. The van der Waals surface area contributed by atoms with E-state index in [1.54, 1.807) is 13.0 Å². The van der Waals surface area contributed by atoms with Crippen LogP contribution in [0.2, 0.25) is 0 Å². The molecule has 1 aliphatic carbocycles. The summed E-state index contributed by atoms with van der Waals surface area (Å²) in [6.07, 6.45) is 9.38. The number of carbonyl (C=O) groups is 2. The van der Waals surface area contributed by atoms with Gasteiger partial charge in [-0.25, -0.2) is 13.2 Å². The summed E-state index contributed by atoms with van der Waals surface area (Å²) in [6, 6.07) is 4.49. The van der Waals surface area contributed by atoms with E-state index in [0.29, 0.717) is 25.2 Å². The third-order valence-electron chi connectivity index (χ3n) is 6.17. The van der Waals surface area contributed by atoms with Crippen molar-refractivity contribution in [2.24, 2.45) is 0 Å². The highest BCUT2D eigenvalue weighted by Crippen LogP contribution is 2.23. The molecule has 32 heavy (non-hydrogen) atoms. The van der Waals surface area contributed by atoms with Gasteiger partial charge in [-0.15, -0.1) is 0 Å². The Morgan fingerprint density at radius 3 is 2.56 bits per heavy atom. The van der Waals surface area contributed by atoms with Crippen molar-refractivity contribution in [1.82, 2.24) is 9.62 Å². The number of nitrogens with one attached hydrogen (secondary N) is 1. The fourth-order valence-electron chi connectivity index (χ4n) is 4.14. The predicted octanol–water partition coefficient (Wildman–Crippen LogP) is 3.72. The Kier molecular flexibility index (Phi) is 8.48. The van der Waals surface area contributed by atoms with Gasteiger partial charge in [-0.2, -0.15) is 4.31 Å². The number of esters is 1. The standard InChI is InChI=1S/C24H34N2O5S/c1-18-11-12-21(32(29,30)26-15-7-4-8-16-26)17-22(18)24(28)31-19(2)23(27)25-14-13-20-9-5-3-6-10-20/h9,11-12,17,19H,3-8,10,13-16H2,1-2H3,(H,25,27). The fraction of sp³-hybridized carbons (Fsp3) is 0.583. The van der Waals surface area contributed by atoms with Gasteiger partial charge in [-0.1, -0.05) is 24.1 Å². The largest absolute Gasteiger partial charge is 0.449 e. The lowest BCUT2D eigenvalue weighted by Crippen LogP contribution is -2.37. The highest BCUT2D eigenvalue weighted by molar-refractivity contribution is 7.89. The molecule has 1 heterocycles. The molecule has 1 aromatic rings. The van der Waals surface area contributed by atoms with E-state index in [1.165, 1.54) is 41.8 Å². The number of hydrogen-bond acceptors (Lipinski definition) is 5. The third-order valence-corrected chi connectivity index (χ3v) is 8.06. The van der Waals surface area contributed by atoms with Crippen molar-refractivity contribution in [2.45, 2.75) is 76.2 Å². The predicted molar refractivity (Wildman–Crippen MR) is 123 cm³/mol. The van der Waals surface area contributed by atoms with Gasteiger partial charge < -0.3 is 10.1 Å². The second-order valence-electron chi connectivity index (χ2n) is 8.64. The van der Waals surface area contributed by atoms with E-state index < -0.39 is 22.1 Å². The summed E-state index contributed by atoms with van der Waals surface area (Å²) < 4.78 is 32.7. The van der Waals surface area contributed by atoms with Crippen LogP contribution in [0, 0.1) is 6.92 Å². The van der Waals surface area contributed by atoms with Crippen LogP contribution >= 0.6 is 0 Å². The topological polar surface area (TPSA) is 92.8 Å². The maximum absolute atomic E-state index is 13.0. The first-order valence-corrected chi connectivity index (χ1v) is 13.0. The Hall–Kier alpha value is -2.19. The molecule has 0 aromatic heterocycles. The Balaban J connectivity index is 1.60. The zero-order valence-electron chi connectivity index (χ0n) is 19.1. The molecule has 1 atom stereocenters. The smallest absolute Gasteiger partial charge is 0.339 e. The van der Waals surface area contributed by atoms with Crippen molar-refractivity contribution < 1.29 is 22.7 Å². The molecule has 0 spiro atoms. The van der Waals surface area contributed by atoms with Gasteiger partial charge in [-0.05, 0) is 76.5 Å². The molecule has 176 valence electrons. The van der Waals surface area contributed by atoms with Crippen LogP contribution in [0.5, 0.6) is 0 Å². The van der Waals surface area contributed by atoms with E-state index >= 15 is 0 Å². The van der Waals surface area contributed by atoms with Crippen LogP contribution in [0.3, 0.4) is 0 Å². The first-order valence-electron chi connectivity index (χ1n) is 11.6. The average molecular weight is 463 g/mol. The Labute approximate surface area is 191 Å². The van der Waals surface area contributed by atoms with E-state index in [9.17, 15) is 18.0 Å². The first kappa shape index (κ1) is 24.5. The third kappa shape index (κ3) is 6.19. The van der Waals surface area contributed by atoms with Gasteiger partial charge in [0.15, 0.2) is 6.10 Å². The van der Waals surface area contributed by atoms with Gasteiger partial charge in [0.25, 0.3) is 5.91 Å². The number of piperidine rings is 1. The molecule has 0 radical (unpaired) electrons. The maximum atomic E-state index is 13.0. The summed E-state index contributed by atoms with van der Waals surface area (Å²) in [4.78, 5) is 25.2. The number of nitrogens with zero attached hydrogens (tertiary/aromatic N) is 1. The van der Waals surface area contributed by atoms with Gasteiger partial charge in [0.1, 0.15) is 0 Å². The number of hydrogen-bond donors (Lipinski definition) is 1. The van der Waals surface area contributed by atoms with Gasteiger partial charge in [0.2, 0.25) is 10.0 Å². The number of aryl methyl sites for hydroxylation is 1. The van der Waals surface area contributed by atoms with Crippen LogP contribution in [0.1, 0.15) is 74.2 Å². The van der Waals surface area contributed by atoms with Crippen LogP contribution in [-0.2, 0) is 19.6 Å². The summed E-state index contributed by atoms with van der Waals surface area (Å²) in [7, 11) is -3.66. The van der Waals surface area contributed by atoms with Crippen LogP contribution in [0.25, 0.3) is 0 Å². The minimum atomic E-state index is -3.66. The van der Waals surface area contributed by atoms with Crippen LogP contribution in [-0.4, -0.2) is 50.3 Å². The molecule has 1 N–H and O–H groups in total. The van der Waals surface area contributed by atoms with Crippen molar-refractivity contribution in [3.63, 3.8) is 0 Å². The highest BCUT2D eigenvalue weighted by Gasteiger charge is 2.28. The van der Waals surface area contributed by atoms with Gasteiger partial charge >= 0.3 is 5.97 Å². The van der Waals surface area contributed by atoms with Gasteiger partial charge in [-0.3, -0.25) is 4.79 Å². The van der Waals surface area contributed by atoms with E-state index in [2.05, 4.69) is 11.4 Å². The molecule has 1 aliphatic heterocycles. The molecule has 7 nitrogen and oxygen atoms in total. The summed E-state index contributed by atoms with van der Waals surface area (Å²) in [5.74, 6) is -1.06. The minimum absolute atomic E-state index is 0.0785. The van der Waals surface area contributed by atoms with E-state index in [1.807, 2.05) is 0 Å². The molecule has 1 saturated heterocycles. The van der Waals surface area contributed by atoms with Gasteiger partial charge in [0.05, 0.1) is 10.5 Å². The van der Waals surface area contributed by atoms with Crippen LogP contribution in [0.15, 0.2) is 34.7 Å². The average Bonchev–Trinajstić information content (AvgIpc) is 2.80. The molecule has 1 fully saturated rings. The number of ether oxygens (including phenoxy) is 1. The van der Waals surface area contributed by atoms with Gasteiger partial charge in [0, 0.05) is 19.6 Å². The first-order chi connectivity index (χ1) is 15.3. The number of carbonyl (C=O) groups excluding carboxylic acids is 2. The van der Waals surface area contributed by atoms with Crippen molar-refractivity contribution in [3.8, 4) is 0 Å². The summed E-state index contributed by atoms with van der Waals surface area (Å²) in [6.45, 7) is 4.73. The molecular weight excluding hydrogens is 428 g/mol. The SMILES string of the molecule is Cc1ccc(S(=O)(=O)N2CCCCC2)cc1C(=O)OC(C)C(=O)NCCC1=CCCCC1. The number of sulfonamides is 1. The molecule has 1 aromatic carbocycles. The Bertz CT molecular complexity index is 965. The second-order valence-corrected chi connectivity index (χ2v) is 10.6. The minimum Gasteiger partial charge on any atom is -0.449 e. The Morgan fingerprint density at radius 1 is 1.12 bits per heavy atom.